The molecule has 0 radical (unpaired) electrons. The number of alkyl halides is 1. The minimum absolute atomic E-state index is 0.174. The van der Waals surface area contributed by atoms with E-state index in [9.17, 15) is 4.79 Å². The predicted octanol–water partition coefficient (Wildman–Crippen LogP) is 3.39. The Kier molecular flexibility index (Phi) is 5.46. The Morgan fingerprint density at radius 1 is 1.45 bits per heavy atom. The predicted molar refractivity (Wildman–Crippen MR) is 87.8 cm³/mol. The average Bonchev–Trinajstić information content (AvgIpc) is 2.47. The summed E-state index contributed by atoms with van der Waals surface area (Å²) in [6, 6.07) is 7.89. The van der Waals surface area contributed by atoms with E-state index in [4.69, 9.17) is 0 Å². The van der Waals surface area contributed by atoms with Crippen LogP contribution in [-0.4, -0.2) is 43.3 Å². The molecular weight excluding hydrogens is 316 g/mol. The van der Waals surface area contributed by atoms with Crippen LogP contribution in [0.3, 0.4) is 0 Å². The molecule has 0 aliphatic carbocycles. The van der Waals surface area contributed by atoms with Crippen molar-refractivity contribution in [2.45, 2.75) is 19.3 Å². The van der Waals surface area contributed by atoms with Crippen LogP contribution in [0.25, 0.3) is 0 Å². The van der Waals surface area contributed by atoms with E-state index < -0.39 is 0 Å². The fraction of sp³-hybridized carbons (Fsp3) is 0.562. The minimum Gasteiger partial charge on any atom is -0.378 e. The molecule has 1 atom stereocenters. The van der Waals surface area contributed by atoms with Crippen LogP contribution < -0.4 is 4.90 Å². The van der Waals surface area contributed by atoms with E-state index in [1.54, 1.807) is 0 Å². The molecule has 0 bridgehead atoms. The molecule has 4 heteroatoms. The lowest BCUT2D eigenvalue weighted by molar-refractivity contribution is 0.0672. The quantitative estimate of drug-likeness (QED) is 0.785. The van der Waals surface area contributed by atoms with E-state index in [-0.39, 0.29) is 5.91 Å². The van der Waals surface area contributed by atoms with Crippen LogP contribution in [0.15, 0.2) is 24.3 Å². The summed E-state index contributed by atoms with van der Waals surface area (Å²) >= 11 is 3.50. The van der Waals surface area contributed by atoms with E-state index in [1.807, 2.05) is 48.2 Å². The maximum Gasteiger partial charge on any atom is 0.253 e. The van der Waals surface area contributed by atoms with Crippen molar-refractivity contribution in [2.75, 3.05) is 37.4 Å². The molecular formula is C16H23BrN2O. The van der Waals surface area contributed by atoms with Gasteiger partial charge in [-0.15, -0.1) is 0 Å². The van der Waals surface area contributed by atoms with Crippen LogP contribution in [0, 0.1) is 5.92 Å². The molecule has 1 aliphatic rings. The highest BCUT2D eigenvalue weighted by atomic mass is 79.9. The first-order valence-electron chi connectivity index (χ1n) is 7.24. The number of hydrogen-bond donors (Lipinski definition) is 0. The first-order chi connectivity index (χ1) is 9.61. The maximum absolute atomic E-state index is 12.6. The molecule has 0 saturated carbocycles. The zero-order valence-electron chi connectivity index (χ0n) is 12.3. The van der Waals surface area contributed by atoms with Gasteiger partial charge in [-0.3, -0.25) is 4.79 Å². The van der Waals surface area contributed by atoms with Crippen molar-refractivity contribution in [3.63, 3.8) is 0 Å². The summed E-state index contributed by atoms with van der Waals surface area (Å²) in [5.74, 6) is 0.817. The van der Waals surface area contributed by atoms with Crippen molar-refractivity contribution in [2.24, 2.45) is 5.92 Å². The van der Waals surface area contributed by atoms with Crippen molar-refractivity contribution in [1.29, 1.82) is 0 Å². The second-order valence-electron chi connectivity index (χ2n) is 5.68. The molecule has 1 fully saturated rings. The monoisotopic (exact) mass is 338 g/mol. The van der Waals surface area contributed by atoms with Crippen molar-refractivity contribution in [3.05, 3.63) is 29.8 Å². The third kappa shape index (κ3) is 3.75. The summed E-state index contributed by atoms with van der Waals surface area (Å²) in [5, 5.41) is 1.02. The lowest BCUT2D eigenvalue weighted by Crippen LogP contribution is -2.40. The van der Waals surface area contributed by atoms with Gasteiger partial charge in [0, 0.05) is 43.8 Å². The van der Waals surface area contributed by atoms with Gasteiger partial charge in [-0.05, 0) is 43.4 Å². The van der Waals surface area contributed by atoms with Gasteiger partial charge in [-0.25, -0.2) is 0 Å². The fourth-order valence-corrected chi connectivity index (χ4v) is 3.39. The summed E-state index contributed by atoms with van der Waals surface area (Å²) in [6.07, 6.45) is 3.52. The van der Waals surface area contributed by atoms with Crippen LogP contribution in [0.1, 0.15) is 29.6 Å². The highest BCUT2D eigenvalue weighted by molar-refractivity contribution is 9.09. The highest BCUT2D eigenvalue weighted by Gasteiger charge is 2.24. The van der Waals surface area contributed by atoms with Crippen LogP contribution >= 0.6 is 15.9 Å². The smallest absolute Gasteiger partial charge is 0.253 e. The third-order valence-corrected chi connectivity index (χ3v) is 4.39. The third-order valence-electron chi connectivity index (χ3n) is 3.93. The van der Waals surface area contributed by atoms with Crippen LogP contribution in [0.5, 0.6) is 0 Å². The fourth-order valence-electron chi connectivity index (χ4n) is 2.74. The Labute approximate surface area is 130 Å². The molecule has 110 valence electrons. The number of carbonyl (C=O) groups excluding carboxylic acids is 1. The zero-order valence-corrected chi connectivity index (χ0v) is 13.9. The lowest BCUT2D eigenvalue weighted by atomic mass is 9.95. The molecule has 1 aromatic rings. The Morgan fingerprint density at radius 3 is 2.95 bits per heavy atom. The van der Waals surface area contributed by atoms with Gasteiger partial charge in [0.25, 0.3) is 5.91 Å². The molecule has 0 N–H and O–H groups in total. The van der Waals surface area contributed by atoms with Gasteiger partial charge in [-0.2, -0.15) is 0 Å². The number of carbonyl (C=O) groups is 1. The molecule has 1 amide bonds. The van der Waals surface area contributed by atoms with E-state index >= 15 is 0 Å². The Balaban J connectivity index is 2.08. The number of piperidine rings is 1. The van der Waals surface area contributed by atoms with E-state index in [2.05, 4.69) is 15.9 Å². The zero-order chi connectivity index (χ0) is 14.5. The van der Waals surface area contributed by atoms with Crippen molar-refractivity contribution in [3.8, 4) is 0 Å². The number of benzene rings is 1. The number of halogens is 1. The molecule has 1 unspecified atom stereocenters. The SMILES string of the molecule is CN(C)c1cccc(C(=O)N2CCCC(CCBr)C2)c1. The number of nitrogens with zero attached hydrogens (tertiary/aromatic N) is 2. The van der Waals surface area contributed by atoms with Gasteiger partial charge in [0.05, 0.1) is 0 Å². The van der Waals surface area contributed by atoms with E-state index in [1.165, 1.54) is 6.42 Å². The minimum atomic E-state index is 0.174. The second-order valence-corrected chi connectivity index (χ2v) is 6.47. The van der Waals surface area contributed by atoms with E-state index in [0.717, 1.165) is 42.5 Å². The number of anilines is 1. The van der Waals surface area contributed by atoms with Gasteiger partial charge < -0.3 is 9.80 Å². The molecule has 2 rings (SSSR count). The normalized spacial score (nSPS) is 18.9. The molecule has 1 saturated heterocycles. The molecule has 1 aliphatic heterocycles. The van der Waals surface area contributed by atoms with Gasteiger partial charge in [0.2, 0.25) is 0 Å². The molecule has 0 aromatic heterocycles. The van der Waals surface area contributed by atoms with Crippen LogP contribution in [0.2, 0.25) is 0 Å². The van der Waals surface area contributed by atoms with Crippen molar-refractivity contribution < 1.29 is 4.79 Å². The molecule has 3 nitrogen and oxygen atoms in total. The lowest BCUT2D eigenvalue weighted by Gasteiger charge is -2.32. The molecule has 1 heterocycles. The van der Waals surface area contributed by atoms with Gasteiger partial charge in [0.1, 0.15) is 0 Å². The molecule has 1 aromatic carbocycles. The highest BCUT2D eigenvalue weighted by Crippen LogP contribution is 2.23. The van der Waals surface area contributed by atoms with Gasteiger partial charge in [-0.1, -0.05) is 22.0 Å². The standard InChI is InChI=1S/C16H23BrN2O/c1-18(2)15-7-3-6-14(11-15)16(20)19-10-4-5-13(12-19)8-9-17/h3,6-7,11,13H,4-5,8-10,12H2,1-2H3. The Morgan fingerprint density at radius 2 is 2.25 bits per heavy atom. The van der Waals surface area contributed by atoms with Crippen molar-refractivity contribution in [1.82, 2.24) is 4.90 Å². The van der Waals surface area contributed by atoms with Crippen LogP contribution in [-0.2, 0) is 0 Å². The topological polar surface area (TPSA) is 23.6 Å². The Hall–Kier alpha value is -1.03. The molecule has 20 heavy (non-hydrogen) atoms. The maximum atomic E-state index is 12.6. The summed E-state index contributed by atoms with van der Waals surface area (Å²) in [5.41, 5.74) is 1.88. The second kappa shape index (κ2) is 7.11. The number of rotatable bonds is 4. The molecule has 0 spiro atoms. The summed E-state index contributed by atoms with van der Waals surface area (Å²) in [6.45, 7) is 1.79. The first kappa shape index (κ1) is 15.4. The number of hydrogen-bond acceptors (Lipinski definition) is 2. The number of likely N-dealkylation sites (tertiary alicyclic amines) is 1. The van der Waals surface area contributed by atoms with E-state index in [0.29, 0.717) is 5.92 Å². The van der Waals surface area contributed by atoms with Gasteiger partial charge in [0.15, 0.2) is 0 Å². The van der Waals surface area contributed by atoms with Crippen LogP contribution in [0.4, 0.5) is 5.69 Å². The Bertz CT molecular complexity index is 460. The summed E-state index contributed by atoms with van der Waals surface area (Å²) in [7, 11) is 3.99. The number of amides is 1. The summed E-state index contributed by atoms with van der Waals surface area (Å²) in [4.78, 5) is 16.7. The largest absolute Gasteiger partial charge is 0.378 e. The first-order valence-corrected chi connectivity index (χ1v) is 8.36. The summed E-state index contributed by atoms with van der Waals surface area (Å²) < 4.78 is 0. The average molecular weight is 339 g/mol. The van der Waals surface area contributed by atoms with Gasteiger partial charge >= 0.3 is 0 Å². The van der Waals surface area contributed by atoms with Crippen molar-refractivity contribution >= 4 is 27.5 Å².